The van der Waals surface area contributed by atoms with Crippen LogP contribution in [0.25, 0.3) is 0 Å². The third kappa shape index (κ3) is 7.07. The maximum atomic E-state index is 3.46. The first-order valence-electron chi connectivity index (χ1n) is 8.17. The van der Waals surface area contributed by atoms with Crippen LogP contribution < -0.4 is 5.32 Å². The fourth-order valence-corrected chi connectivity index (χ4v) is 2.58. The fourth-order valence-electron chi connectivity index (χ4n) is 2.58. The van der Waals surface area contributed by atoms with Crippen LogP contribution in [-0.4, -0.2) is 57.1 Å². The SMILES string of the molecule is CCCN(CCC(NC)c1ccc(C)cc1)CCN(C)C. The number of hydrogen-bond donors (Lipinski definition) is 1. The van der Waals surface area contributed by atoms with E-state index in [0.29, 0.717) is 6.04 Å². The van der Waals surface area contributed by atoms with Crippen molar-refractivity contribution < 1.29 is 0 Å². The molecule has 21 heavy (non-hydrogen) atoms. The molecule has 0 aliphatic heterocycles. The smallest absolute Gasteiger partial charge is 0.0329 e. The third-order valence-electron chi connectivity index (χ3n) is 3.97. The molecule has 1 N–H and O–H groups in total. The Morgan fingerprint density at radius 3 is 2.19 bits per heavy atom. The summed E-state index contributed by atoms with van der Waals surface area (Å²) in [4.78, 5) is 4.84. The number of nitrogens with zero attached hydrogens (tertiary/aromatic N) is 2. The van der Waals surface area contributed by atoms with Gasteiger partial charge in [-0.25, -0.2) is 0 Å². The number of hydrogen-bond acceptors (Lipinski definition) is 3. The van der Waals surface area contributed by atoms with Crippen molar-refractivity contribution in [1.29, 1.82) is 0 Å². The van der Waals surface area contributed by atoms with Crippen molar-refractivity contribution in [1.82, 2.24) is 15.1 Å². The summed E-state index contributed by atoms with van der Waals surface area (Å²) in [5.74, 6) is 0. The van der Waals surface area contributed by atoms with E-state index in [4.69, 9.17) is 0 Å². The Morgan fingerprint density at radius 1 is 1.00 bits per heavy atom. The molecule has 1 unspecified atom stereocenters. The predicted molar refractivity (Wildman–Crippen MR) is 92.9 cm³/mol. The Bertz CT molecular complexity index is 373. The lowest BCUT2D eigenvalue weighted by molar-refractivity contribution is 0.230. The van der Waals surface area contributed by atoms with Gasteiger partial charge in [-0.2, -0.15) is 0 Å². The van der Waals surface area contributed by atoms with E-state index in [1.165, 1.54) is 24.1 Å². The summed E-state index contributed by atoms with van der Waals surface area (Å²) >= 11 is 0. The van der Waals surface area contributed by atoms with Gasteiger partial charge in [-0.05, 0) is 59.6 Å². The second kappa shape index (κ2) is 9.93. The second-order valence-corrected chi connectivity index (χ2v) is 6.19. The monoisotopic (exact) mass is 291 g/mol. The van der Waals surface area contributed by atoms with Crippen molar-refractivity contribution in [2.45, 2.75) is 32.7 Å². The van der Waals surface area contributed by atoms with Crippen molar-refractivity contribution in [3.8, 4) is 0 Å². The molecule has 1 aromatic rings. The van der Waals surface area contributed by atoms with E-state index in [1.54, 1.807) is 0 Å². The van der Waals surface area contributed by atoms with E-state index in [0.717, 1.165) is 26.1 Å². The average molecular weight is 291 g/mol. The van der Waals surface area contributed by atoms with Gasteiger partial charge in [-0.3, -0.25) is 0 Å². The molecule has 0 fully saturated rings. The minimum Gasteiger partial charge on any atom is -0.313 e. The van der Waals surface area contributed by atoms with Gasteiger partial charge in [0.15, 0.2) is 0 Å². The van der Waals surface area contributed by atoms with Crippen LogP contribution in [-0.2, 0) is 0 Å². The van der Waals surface area contributed by atoms with E-state index in [-0.39, 0.29) is 0 Å². The highest BCUT2D eigenvalue weighted by Gasteiger charge is 2.12. The van der Waals surface area contributed by atoms with Gasteiger partial charge in [-0.1, -0.05) is 36.8 Å². The Morgan fingerprint density at radius 2 is 1.67 bits per heavy atom. The fraction of sp³-hybridized carbons (Fsp3) is 0.667. The quantitative estimate of drug-likeness (QED) is 0.715. The number of aryl methyl sites for hydroxylation is 1. The summed E-state index contributed by atoms with van der Waals surface area (Å²) < 4.78 is 0. The molecule has 0 radical (unpaired) electrons. The van der Waals surface area contributed by atoms with Crippen LogP contribution in [0.1, 0.15) is 36.9 Å². The Labute approximate surface area is 131 Å². The van der Waals surface area contributed by atoms with Crippen LogP contribution in [0.15, 0.2) is 24.3 Å². The molecule has 0 saturated carbocycles. The largest absolute Gasteiger partial charge is 0.313 e. The lowest BCUT2D eigenvalue weighted by atomic mass is 10.0. The summed E-state index contributed by atoms with van der Waals surface area (Å²) in [7, 11) is 6.36. The molecule has 0 aromatic heterocycles. The van der Waals surface area contributed by atoms with Crippen molar-refractivity contribution in [2.24, 2.45) is 0 Å². The molecule has 0 bridgehead atoms. The molecule has 0 spiro atoms. The maximum Gasteiger partial charge on any atom is 0.0329 e. The third-order valence-corrected chi connectivity index (χ3v) is 3.97. The molecule has 1 rings (SSSR count). The van der Waals surface area contributed by atoms with E-state index < -0.39 is 0 Å². The standard InChI is InChI=1S/C18H33N3/c1-6-12-21(15-14-20(4)5)13-11-18(19-3)17-9-7-16(2)8-10-17/h7-10,18-19H,6,11-15H2,1-5H3. The highest BCUT2D eigenvalue weighted by molar-refractivity contribution is 5.24. The number of rotatable bonds is 10. The highest BCUT2D eigenvalue weighted by atomic mass is 15.2. The minimum absolute atomic E-state index is 0.448. The molecular formula is C18H33N3. The van der Waals surface area contributed by atoms with E-state index >= 15 is 0 Å². The normalized spacial score (nSPS) is 13.1. The second-order valence-electron chi connectivity index (χ2n) is 6.19. The topological polar surface area (TPSA) is 18.5 Å². The Hall–Kier alpha value is -0.900. The summed E-state index contributed by atoms with van der Waals surface area (Å²) in [6, 6.07) is 9.36. The van der Waals surface area contributed by atoms with Crippen LogP contribution in [0.3, 0.4) is 0 Å². The summed E-state index contributed by atoms with van der Waals surface area (Å²) in [5, 5.41) is 3.46. The average Bonchev–Trinajstić information content (AvgIpc) is 2.46. The zero-order valence-electron chi connectivity index (χ0n) is 14.5. The van der Waals surface area contributed by atoms with Crippen molar-refractivity contribution >= 4 is 0 Å². The molecule has 0 aliphatic rings. The number of likely N-dealkylation sites (N-methyl/N-ethyl adjacent to an activating group) is 1. The van der Waals surface area contributed by atoms with E-state index in [9.17, 15) is 0 Å². The highest BCUT2D eigenvalue weighted by Crippen LogP contribution is 2.17. The van der Waals surface area contributed by atoms with E-state index in [1.807, 2.05) is 0 Å². The van der Waals surface area contributed by atoms with Gasteiger partial charge < -0.3 is 15.1 Å². The molecule has 3 nitrogen and oxygen atoms in total. The molecule has 0 saturated heterocycles. The van der Waals surface area contributed by atoms with Crippen LogP contribution in [0.2, 0.25) is 0 Å². The minimum atomic E-state index is 0.448. The van der Waals surface area contributed by atoms with Crippen LogP contribution >= 0.6 is 0 Å². The summed E-state index contributed by atoms with van der Waals surface area (Å²) in [6.45, 7) is 9.04. The lowest BCUT2D eigenvalue weighted by Crippen LogP contribution is -2.34. The summed E-state index contributed by atoms with van der Waals surface area (Å²) in [6.07, 6.45) is 2.38. The molecule has 120 valence electrons. The first kappa shape index (κ1) is 18.1. The van der Waals surface area contributed by atoms with Crippen LogP contribution in [0, 0.1) is 6.92 Å². The van der Waals surface area contributed by atoms with Crippen LogP contribution in [0.5, 0.6) is 0 Å². The first-order valence-corrected chi connectivity index (χ1v) is 8.17. The van der Waals surface area contributed by atoms with Crippen molar-refractivity contribution in [3.05, 3.63) is 35.4 Å². The molecule has 0 amide bonds. The van der Waals surface area contributed by atoms with Gasteiger partial charge in [-0.15, -0.1) is 0 Å². The van der Waals surface area contributed by atoms with Gasteiger partial charge in [0.1, 0.15) is 0 Å². The van der Waals surface area contributed by atoms with Gasteiger partial charge >= 0.3 is 0 Å². The number of benzene rings is 1. The molecule has 0 heterocycles. The zero-order chi connectivity index (χ0) is 15.7. The summed E-state index contributed by atoms with van der Waals surface area (Å²) in [5.41, 5.74) is 2.72. The molecular weight excluding hydrogens is 258 g/mol. The zero-order valence-corrected chi connectivity index (χ0v) is 14.5. The molecule has 3 heteroatoms. The van der Waals surface area contributed by atoms with E-state index in [2.05, 4.69) is 74.4 Å². The van der Waals surface area contributed by atoms with Crippen molar-refractivity contribution in [3.63, 3.8) is 0 Å². The van der Waals surface area contributed by atoms with Crippen LogP contribution in [0.4, 0.5) is 0 Å². The van der Waals surface area contributed by atoms with Gasteiger partial charge in [0.25, 0.3) is 0 Å². The van der Waals surface area contributed by atoms with Gasteiger partial charge in [0.05, 0.1) is 0 Å². The van der Waals surface area contributed by atoms with Crippen molar-refractivity contribution in [2.75, 3.05) is 47.3 Å². The Kier molecular flexibility index (Phi) is 8.58. The van der Waals surface area contributed by atoms with Gasteiger partial charge in [0.2, 0.25) is 0 Å². The molecule has 0 aliphatic carbocycles. The molecule has 1 aromatic carbocycles. The predicted octanol–water partition coefficient (Wildman–Crippen LogP) is 2.92. The maximum absolute atomic E-state index is 3.46. The first-order chi connectivity index (χ1) is 10.1. The Balaban J connectivity index is 2.52. The van der Waals surface area contributed by atoms with Gasteiger partial charge in [0, 0.05) is 19.1 Å². The lowest BCUT2D eigenvalue weighted by Gasteiger charge is -2.26. The molecule has 1 atom stereocenters. The number of nitrogens with one attached hydrogen (secondary N) is 1.